The molecule has 3 heterocycles. The number of ether oxygens (including phenoxy) is 14. The highest BCUT2D eigenvalue weighted by Gasteiger charge is 2.57. The average Bonchev–Trinajstić information content (AvgIpc) is 0.766. The first-order valence-electron chi connectivity index (χ1n) is 34.1. The van der Waals surface area contributed by atoms with E-state index < -0.39 is 98.1 Å². The molecule has 12 rings (SSSR count). The van der Waals surface area contributed by atoms with Crippen molar-refractivity contribution in [2.75, 3.05) is 19.8 Å². The van der Waals surface area contributed by atoms with Gasteiger partial charge in [0.2, 0.25) is 0 Å². The predicted octanol–water partition coefficient (Wildman–Crippen LogP) is 12.2. The predicted molar refractivity (Wildman–Crippen MR) is 371 cm³/mol. The van der Waals surface area contributed by atoms with Gasteiger partial charge in [-0.1, -0.05) is 273 Å². The molecule has 3 fully saturated rings. The van der Waals surface area contributed by atoms with Crippen LogP contribution < -0.4 is 5.32 Å². The molecule has 0 bridgehead atoms. The zero-order valence-electron chi connectivity index (χ0n) is 55.6. The van der Waals surface area contributed by atoms with Crippen molar-refractivity contribution in [3.05, 3.63) is 323 Å². The molecule has 0 radical (unpaired) electrons. The summed E-state index contributed by atoms with van der Waals surface area (Å²) in [6.07, 6.45) is -18.3. The highest BCUT2D eigenvalue weighted by atomic mass is 16.8. The van der Waals surface area contributed by atoms with Crippen molar-refractivity contribution in [2.24, 2.45) is 0 Å². The molecule has 18 heteroatoms. The Kier molecular flexibility index (Phi) is 27.1. The lowest BCUT2D eigenvalue weighted by atomic mass is 9.94. The summed E-state index contributed by atoms with van der Waals surface area (Å²) >= 11 is 0. The minimum Gasteiger partial charge on any atom is -0.445 e. The van der Waals surface area contributed by atoms with Gasteiger partial charge < -0.3 is 81.8 Å². The maximum atomic E-state index is 14.6. The number of rotatable bonds is 34. The fourth-order valence-electron chi connectivity index (χ4n) is 12.4. The number of aliphatic hydroxyl groups excluding tert-OH is 2. The molecule has 15 atom stereocenters. The van der Waals surface area contributed by atoms with Gasteiger partial charge in [-0.05, 0) is 50.1 Å². The number of benzene rings is 9. The van der Waals surface area contributed by atoms with Crippen LogP contribution in [0.15, 0.2) is 273 Å². The van der Waals surface area contributed by atoms with Gasteiger partial charge in [-0.3, -0.25) is 0 Å². The van der Waals surface area contributed by atoms with Crippen molar-refractivity contribution in [1.82, 2.24) is 5.32 Å². The Morgan fingerprint density at radius 2 is 0.600 bits per heavy atom. The molecule has 0 aromatic heterocycles. The van der Waals surface area contributed by atoms with E-state index in [1.807, 2.05) is 273 Å². The summed E-state index contributed by atoms with van der Waals surface area (Å²) in [5.74, 6) is 0. The summed E-state index contributed by atoms with van der Waals surface area (Å²) in [6.45, 7) is 0.404. The van der Waals surface area contributed by atoms with E-state index in [1.54, 1.807) is 0 Å². The average molecular weight is 1360 g/mol. The summed E-state index contributed by atoms with van der Waals surface area (Å²) in [5.41, 5.74) is 7.59. The van der Waals surface area contributed by atoms with Gasteiger partial charge in [0.15, 0.2) is 18.9 Å². The summed E-state index contributed by atoms with van der Waals surface area (Å²) in [6, 6.07) is 85.4. The van der Waals surface area contributed by atoms with E-state index in [2.05, 4.69) is 5.32 Å². The van der Waals surface area contributed by atoms with E-state index in [9.17, 15) is 15.0 Å². The maximum absolute atomic E-state index is 14.6. The molecule has 18 nitrogen and oxygen atoms in total. The molecular weight excluding hydrogens is 1270 g/mol. The number of nitrogens with one attached hydrogen (secondary N) is 1. The molecule has 3 saturated heterocycles. The van der Waals surface area contributed by atoms with Gasteiger partial charge in [0.1, 0.15) is 79.8 Å². The van der Waals surface area contributed by atoms with Gasteiger partial charge in [-0.25, -0.2) is 4.79 Å². The Morgan fingerprint density at radius 3 is 1.00 bits per heavy atom. The minimum atomic E-state index is -1.54. The molecule has 0 spiro atoms. The summed E-state index contributed by atoms with van der Waals surface area (Å²) in [7, 11) is 0. The molecule has 0 unspecified atom stereocenters. The maximum Gasteiger partial charge on any atom is 0.407 e. The molecule has 0 aliphatic carbocycles. The van der Waals surface area contributed by atoms with E-state index in [0.717, 1.165) is 50.1 Å². The zero-order chi connectivity index (χ0) is 68.3. The number of hydrogen-bond acceptors (Lipinski definition) is 17. The van der Waals surface area contributed by atoms with Gasteiger partial charge in [-0.15, -0.1) is 0 Å². The largest absolute Gasteiger partial charge is 0.445 e. The molecule has 0 saturated carbocycles. The summed E-state index contributed by atoms with van der Waals surface area (Å²) in [4.78, 5) is 14.6. The van der Waals surface area contributed by atoms with Gasteiger partial charge in [0.05, 0.1) is 72.7 Å². The zero-order valence-corrected chi connectivity index (χ0v) is 55.6. The third-order valence-corrected chi connectivity index (χ3v) is 17.6. The van der Waals surface area contributed by atoms with Crippen LogP contribution in [0.5, 0.6) is 0 Å². The fraction of sp³-hybridized carbons (Fsp3) is 0.329. The van der Waals surface area contributed by atoms with Gasteiger partial charge >= 0.3 is 6.09 Å². The van der Waals surface area contributed by atoms with Gasteiger partial charge in [-0.2, -0.15) is 0 Å². The topological polar surface area (TPSA) is 199 Å². The third-order valence-electron chi connectivity index (χ3n) is 17.6. The van der Waals surface area contributed by atoms with Crippen molar-refractivity contribution in [3.8, 4) is 0 Å². The number of carbonyl (C=O) groups excluding carboxylic acids is 1. The van der Waals surface area contributed by atoms with Crippen molar-refractivity contribution in [3.63, 3.8) is 0 Å². The molecule has 3 N–H and O–H groups in total. The lowest BCUT2D eigenvalue weighted by Crippen LogP contribution is -2.69. The Bertz CT molecular complexity index is 3730. The van der Waals surface area contributed by atoms with Crippen LogP contribution in [0.1, 0.15) is 50.1 Å². The second-order valence-electron chi connectivity index (χ2n) is 24.9. The van der Waals surface area contributed by atoms with E-state index in [-0.39, 0.29) is 79.3 Å². The Balaban J connectivity index is 0.978. The van der Waals surface area contributed by atoms with Crippen LogP contribution >= 0.6 is 0 Å². The van der Waals surface area contributed by atoms with Gasteiger partial charge in [0.25, 0.3) is 0 Å². The van der Waals surface area contributed by atoms with Crippen LogP contribution in [0, 0.1) is 0 Å². The number of carbonyl (C=O) groups is 1. The molecule has 3 aliphatic rings. The highest BCUT2D eigenvalue weighted by molar-refractivity contribution is 5.68. The molecule has 1 amide bonds. The van der Waals surface area contributed by atoms with Crippen LogP contribution in [0.4, 0.5) is 4.79 Å². The quantitative estimate of drug-likeness (QED) is 0.0344. The van der Waals surface area contributed by atoms with E-state index >= 15 is 0 Å². The Labute approximate surface area is 584 Å². The second-order valence-corrected chi connectivity index (χ2v) is 24.9. The Morgan fingerprint density at radius 1 is 0.300 bits per heavy atom. The smallest absolute Gasteiger partial charge is 0.407 e. The SMILES string of the molecule is O=C(N[C@H]1[C@H](O[C@H]2[C@@H](OCc3ccccc3)[C@@H](COCc3ccccc3)O[C@@H](O[C@H]3[C@H](OCc4ccccc4)[C@@H](OCc4ccccc4)[C@H](O)O[C@@H]3COCc3ccccc3)[C@@H]2OCc2ccccc2)O[C@H](COCc2ccccc2)[C@@H](O)[C@@H]1OCc1ccccc1)OCc1ccccc1. The summed E-state index contributed by atoms with van der Waals surface area (Å²) < 4.78 is 97.3. The molecule has 3 aliphatic heterocycles. The second kappa shape index (κ2) is 37.9. The number of amides is 1. The first-order chi connectivity index (χ1) is 49.3. The molecule has 9 aromatic carbocycles. The molecule has 100 heavy (non-hydrogen) atoms. The first kappa shape index (κ1) is 71.5. The lowest BCUT2D eigenvalue weighted by Gasteiger charge is -2.51. The Hall–Kier alpha value is -8.35. The minimum absolute atomic E-state index is 0.00804. The third kappa shape index (κ3) is 20.9. The number of hydrogen-bond donors (Lipinski definition) is 3. The van der Waals surface area contributed by atoms with E-state index in [0.29, 0.717) is 0 Å². The van der Waals surface area contributed by atoms with E-state index in [1.165, 1.54) is 0 Å². The first-order valence-corrected chi connectivity index (χ1v) is 34.1. The lowest BCUT2D eigenvalue weighted by molar-refractivity contribution is -0.387. The molecule has 522 valence electrons. The van der Waals surface area contributed by atoms with Crippen molar-refractivity contribution in [2.45, 2.75) is 152 Å². The number of alkyl carbamates (subject to hydrolysis) is 1. The standard InChI is InChI=1S/C82H87NO17/c84-71-67(55-87-46-58-28-10-1-11-29-58)97-80(70(74(71)91-50-62-36-18-5-19-37-62)83-82(86)95-54-66-44-26-9-27-45-66)100-76-72(90-49-61-34-16-4-17-35-61)68(56-88-47-59-30-12-2-13-31-59)98-81(78(76)94-53-65-42-24-8-25-43-65)99-73-69(57-89-48-60-32-14-3-15-33-60)96-79(85)77(93-52-64-40-22-7-23-41-64)75(73)92-51-63-38-20-6-21-39-63/h1-45,67-81,84-85H,46-57H2,(H,83,86)/t67-,68-,69-,70-,71-,72+,73-,74-,75+,76+,77-,78-,79-,80+,81+/m1/s1. The summed E-state index contributed by atoms with van der Waals surface area (Å²) in [5, 5.41) is 28.2. The fourth-order valence-corrected chi connectivity index (χ4v) is 12.4. The monoisotopic (exact) mass is 1360 g/mol. The van der Waals surface area contributed by atoms with Crippen LogP contribution in [0.25, 0.3) is 0 Å². The normalized spacial score (nSPS) is 25.2. The molecule has 9 aromatic rings. The van der Waals surface area contributed by atoms with Crippen LogP contribution in [0.2, 0.25) is 0 Å². The number of aliphatic hydroxyl groups is 2. The molecular formula is C82H87NO17. The van der Waals surface area contributed by atoms with Gasteiger partial charge in [0, 0.05) is 0 Å². The highest BCUT2D eigenvalue weighted by Crippen LogP contribution is 2.39. The van der Waals surface area contributed by atoms with Crippen LogP contribution in [0.3, 0.4) is 0 Å². The van der Waals surface area contributed by atoms with Crippen LogP contribution in [-0.4, -0.2) is 128 Å². The van der Waals surface area contributed by atoms with Crippen LogP contribution in [-0.2, 0) is 126 Å². The van der Waals surface area contributed by atoms with Crippen molar-refractivity contribution in [1.29, 1.82) is 0 Å². The van der Waals surface area contributed by atoms with Crippen molar-refractivity contribution < 1.29 is 81.3 Å². The van der Waals surface area contributed by atoms with Crippen molar-refractivity contribution >= 4 is 6.09 Å². The van der Waals surface area contributed by atoms with E-state index in [4.69, 9.17) is 66.3 Å².